The number of thiophene rings is 1. The van der Waals surface area contributed by atoms with Gasteiger partial charge in [-0.3, -0.25) is 0 Å². The van der Waals surface area contributed by atoms with Crippen molar-refractivity contribution in [1.29, 1.82) is 0 Å². The standard InChI is InChI=1S/C12H18N2O4S2.ClH/c1-18-11(15)10-6-9(7-19-10)20(16,17)14-12(8-13)4-2-3-5-12;/h6-7,14H,2-5,8,13H2,1H3;1H. The molecule has 21 heavy (non-hydrogen) atoms. The molecule has 120 valence electrons. The Bertz CT molecular complexity index is 594. The summed E-state index contributed by atoms with van der Waals surface area (Å²) >= 11 is 1.05. The van der Waals surface area contributed by atoms with Crippen LogP contribution < -0.4 is 10.5 Å². The van der Waals surface area contributed by atoms with E-state index in [9.17, 15) is 13.2 Å². The maximum Gasteiger partial charge on any atom is 0.348 e. The van der Waals surface area contributed by atoms with E-state index in [0.29, 0.717) is 0 Å². The van der Waals surface area contributed by atoms with Crippen molar-refractivity contribution in [1.82, 2.24) is 4.72 Å². The molecule has 0 radical (unpaired) electrons. The summed E-state index contributed by atoms with van der Waals surface area (Å²) in [5.41, 5.74) is 5.18. The highest BCUT2D eigenvalue weighted by molar-refractivity contribution is 7.89. The predicted octanol–water partition coefficient (Wildman–Crippen LogP) is 1.51. The minimum absolute atomic E-state index is 0. The number of carbonyl (C=O) groups excluding carboxylic acids is 1. The quantitative estimate of drug-likeness (QED) is 0.781. The minimum atomic E-state index is -3.66. The van der Waals surface area contributed by atoms with Gasteiger partial charge in [0, 0.05) is 17.5 Å². The Morgan fingerprint density at radius 1 is 1.48 bits per heavy atom. The third-order valence-electron chi connectivity index (χ3n) is 3.57. The van der Waals surface area contributed by atoms with Crippen molar-refractivity contribution in [2.75, 3.05) is 13.7 Å². The SMILES string of the molecule is COC(=O)c1cc(S(=O)(=O)NC2(CN)CCCC2)cs1.Cl. The number of ether oxygens (including phenoxy) is 1. The lowest BCUT2D eigenvalue weighted by Crippen LogP contribution is -2.51. The minimum Gasteiger partial charge on any atom is -0.465 e. The fraction of sp³-hybridized carbons (Fsp3) is 0.583. The second-order valence-corrected chi connectivity index (χ2v) is 7.53. The van der Waals surface area contributed by atoms with Gasteiger partial charge in [-0.05, 0) is 18.9 Å². The smallest absolute Gasteiger partial charge is 0.348 e. The van der Waals surface area contributed by atoms with E-state index in [1.165, 1.54) is 18.6 Å². The summed E-state index contributed by atoms with van der Waals surface area (Å²) in [5, 5.41) is 1.44. The summed E-state index contributed by atoms with van der Waals surface area (Å²) in [4.78, 5) is 11.7. The molecule has 0 aliphatic heterocycles. The molecule has 3 N–H and O–H groups in total. The van der Waals surface area contributed by atoms with E-state index in [0.717, 1.165) is 37.0 Å². The largest absolute Gasteiger partial charge is 0.465 e. The van der Waals surface area contributed by atoms with Crippen LogP contribution in [0.25, 0.3) is 0 Å². The van der Waals surface area contributed by atoms with Crippen LogP contribution in [0, 0.1) is 0 Å². The molecule has 0 atom stereocenters. The number of nitrogens with one attached hydrogen (secondary N) is 1. The molecule has 1 aromatic heterocycles. The van der Waals surface area contributed by atoms with Crippen LogP contribution in [0.5, 0.6) is 0 Å². The number of rotatable bonds is 5. The summed E-state index contributed by atoms with van der Waals surface area (Å²) < 4.78 is 32.0. The maximum absolute atomic E-state index is 12.4. The Balaban J connectivity index is 0.00000220. The van der Waals surface area contributed by atoms with Gasteiger partial charge in [0.2, 0.25) is 10.0 Å². The number of hydrogen-bond acceptors (Lipinski definition) is 6. The molecule has 1 aromatic rings. The Hall–Kier alpha value is -0.670. The summed E-state index contributed by atoms with van der Waals surface area (Å²) in [6.45, 7) is 0.278. The van der Waals surface area contributed by atoms with Gasteiger partial charge in [-0.2, -0.15) is 0 Å². The van der Waals surface area contributed by atoms with Gasteiger partial charge in [-0.25, -0.2) is 17.9 Å². The number of nitrogens with two attached hydrogens (primary N) is 1. The Morgan fingerprint density at radius 2 is 2.10 bits per heavy atom. The van der Waals surface area contributed by atoms with Crippen molar-refractivity contribution in [2.24, 2.45) is 5.73 Å². The van der Waals surface area contributed by atoms with E-state index in [2.05, 4.69) is 9.46 Å². The number of carbonyl (C=O) groups is 1. The fourth-order valence-electron chi connectivity index (χ4n) is 2.41. The van der Waals surface area contributed by atoms with Gasteiger partial charge < -0.3 is 10.5 Å². The molecule has 0 aromatic carbocycles. The maximum atomic E-state index is 12.4. The van der Waals surface area contributed by atoms with Crippen molar-refractivity contribution in [2.45, 2.75) is 36.1 Å². The van der Waals surface area contributed by atoms with Gasteiger partial charge in [0.25, 0.3) is 0 Å². The molecule has 1 heterocycles. The van der Waals surface area contributed by atoms with E-state index in [4.69, 9.17) is 5.73 Å². The van der Waals surface area contributed by atoms with Crippen LogP contribution >= 0.6 is 23.7 Å². The van der Waals surface area contributed by atoms with Gasteiger partial charge >= 0.3 is 5.97 Å². The van der Waals surface area contributed by atoms with Crippen LogP contribution in [-0.4, -0.2) is 33.6 Å². The molecule has 6 nitrogen and oxygen atoms in total. The van der Waals surface area contributed by atoms with Crippen molar-refractivity contribution in [3.8, 4) is 0 Å². The molecule has 0 saturated heterocycles. The average Bonchev–Trinajstić information content (AvgIpc) is 3.07. The van der Waals surface area contributed by atoms with E-state index < -0.39 is 21.5 Å². The first-order valence-electron chi connectivity index (χ1n) is 6.33. The van der Waals surface area contributed by atoms with Crippen LogP contribution in [0.4, 0.5) is 0 Å². The van der Waals surface area contributed by atoms with Crippen molar-refractivity contribution in [3.63, 3.8) is 0 Å². The van der Waals surface area contributed by atoms with Crippen molar-refractivity contribution in [3.05, 3.63) is 16.3 Å². The highest BCUT2D eigenvalue weighted by atomic mass is 35.5. The van der Waals surface area contributed by atoms with E-state index in [1.807, 2.05) is 0 Å². The molecule has 0 unspecified atom stereocenters. The number of esters is 1. The van der Waals surface area contributed by atoms with E-state index in [1.54, 1.807) is 0 Å². The van der Waals surface area contributed by atoms with Gasteiger partial charge in [0.15, 0.2) is 0 Å². The highest BCUT2D eigenvalue weighted by Crippen LogP contribution is 2.31. The van der Waals surface area contributed by atoms with Crippen LogP contribution in [-0.2, 0) is 14.8 Å². The third-order valence-corrected chi connectivity index (χ3v) is 6.19. The molecule has 0 spiro atoms. The van der Waals surface area contributed by atoms with Gasteiger partial charge in [0.05, 0.1) is 12.0 Å². The number of methoxy groups -OCH3 is 1. The zero-order valence-electron chi connectivity index (χ0n) is 11.6. The number of sulfonamides is 1. The molecular weight excluding hydrogens is 336 g/mol. The van der Waals surface area contributed by atoms with Crippen LogP contribution in [0.1, 0.15) is 35.4 Å². The first-order valence-corrected chi connectivity index (χ1v) is 8.70. The molecule has 2 rings (SSSR count). The summed E-state index contributed by atoms with van der Waals surface area (Å²) in [6, 6.07) is 1.33. The molecule has 1 saturated carbocycles. The second-order valence-electron chi connectivity index (χ2n) is 4.94. The molecule has 0 bridgehead atoms. The Labute approximate surface area is 134 Å². The van der Waals surface area contributed by atoms with Crippen LogP contribution in [0.2, 0.25) is 0 Å². The summed E-state index contributed by atoms with van der Waals surface area (Å²) in [7, 11) is -2.40. The normalized spacial score (nSPS) is 17.2. The van der Waals surface area contributed by atoms with Crippen molar-refractivity contribution < 1.29 is 17.9 Å². The summed E-state index contributed by atoms with van der Waals surface area (Å²) in [5.74, 6) is -0.536. The second kappa shape index (κ2) is 7.06. The topological polar surface area (TPSA) is 98.5 Å². The zero-order valence-corrected chi connectivity index (χ0v) is 14.1. The van der Waals surface area contributed by atoms with Gasteiger partial charge in [-0.1, -0.05) is 12.8 Å². The molecule has 9 heteroatoms. The lowest BCUT2D eigenvalue weighted by atomic mass is 10.0. The lowest BCUT2D eigenvalue weighted by molar-refractivity contribution is 0.0606. The predicted molar refractivity (Wildman–Crippen MR) is 83.5 cm³/mol. The van der Waals surface area contributed by atoms with Crippen LogP contribution in [0.15, 0.2) is 16.3 Å². The summed E-state index contributed by atoms with van der Waals surface area (Å²) in [6.07, 6.45) is 3.43. The molecule has 1 aliphatic carbocycles. The first kappa shape index (κ1) is 18.4. The monoisotopic (exact) mass is 354 g/mol. The average molecular weight is 355 g/mol. The highest BCUT2D eigenvalue weighted by Gasteiger charge is 2.37. The van der Waals surface area contributed by atoms with Crippen molar-refractivity contribution >= 4 is 39.7 Å². The molecule has 0 amide bonds. The Kier molecular flexibility index (Phi) is 6.18. The fourth-order valence-corrected chi connectivity index (χ4v) is 5.07. The molecular formula is C12H19ClN2O4S2. The zero-order chi connectivity index (χ0) is 14.8. The van der Waals surface area contributed by atoms with Gasteiger partial charge in [-0.15, -0.1) is 23.7 Å². The first-order chi connectivity index (χ1) is 9.42. The van der Waals surface area contributed by atoms with E-state index in [-0.39, 0.29) is 28.7 Å². The van der Waals surface area contributed by atoms with Gasteiger partial charge in [0.1, 0.15) is 4.88 Å². The van der Waals surface area contributed by atoms with E-state index >= 15 is 0 Å². The Morgan fingerprint density at radius 3 is 2.62 bits per heavy atom. The molecule has 1 fully saturated rings. The molecule has 1 aliphatic rings. The van der Waals surface area contributed by atoms with Crippen LogP contribution in [0.3, 0.4) is 0 Å². The lowest BCUT2D eigenvalue weighted by Gasteiger charge is -2.27. The number of hydrogen-bond donors (Lipinski definition) is 2. The third kappa shape index (κ3) is 3.95. The number of halogens is 1.